The smallest absolute Gasteiger partial charge is 0.0720 e. The topological polar surface area (TPSA) is 72.3 Å². The van der Waals surface area contributed by atoms with Crippen molar-refractivity contribution < 1.29 is 5.11 Å². The lowest BCUT2D eigenvalue weighted by molar-refractivity contribution is 0.225. The largest absolute Gasteiger partial charge is 0.391 e. The van der Waals surface area contributed by atoms with Gasteiger partial charge in [0.25, 0.3) is 0 Å². The molecule has 0 aliphatic rings. The Hall–Kier alpha value is 0.580. The highest BCUT2D eigenvalue weighted by Crippen LogP contribution is 2.07. The number of rotatable bonds is 8. The maximum absolute atomic E-state index is 9.38. The summed E-state index contributed by atoms with van der Waals surface area (Å²) in [6, 6.07) is 0. The van der Waals surface area contributed by atoms with Gasteiger partial charge in [-0.2, -0.15) is 23.5 Å². The highest BCUT2D eigenvalue weighted by molar-refractivity contribution is 8.00. The van der Waals surface area contributed by atoms with E-state index in [1.165, 1.54) is 0 Å². The van der Waals surface area contributed by atoms with Gasteiger partial charge < -0.3 is 16.6 Å². The minimum Gasteiger partial charge on any atom is -0.391 e. The first-order valence-electron chi connectivity index (χ1n) is 4.05. The summed E-state index contributed by atoms with van der Waals surface area (Å²) in [5, 5.41) is 9.38. The van der Waals surface area contributed by atoms with Crippen molar-refractivity contribution in [1.29, 1.82) is 0 Å². The fraction of sp³-hybridized carbons (Fsp3) is 1.00. The molecular formula is C7H18N2OS2. The lowest BCUT2D eigenvalue weighted by Crippen LogP contribution is -2.16. The molecule has 74 valence electrons. The second-order valence-corrected chi connectivity index (χ2v) is 4.68. The van der Waals surface area contributed by atoms with Crippen molar-refractivity contribution in [2.75, 3.05) is 36.1 Å². The molecule has 0 aliphatic heterocycles. The van der Waals surface area contributed by atoms with Crippen LogP contribution in [0.5, 0.6) is 0 Å². The van der Waals surface area contributed by atoms with Crippen LogP contribution in [0.1, 0.15) is 0 Å². The van der Waals surface area contributed by atoms with Crippen LogP contribution in [0.15, 0.2) is 0 Å². The van der Waals surface area contributed by atoms with Gasteiger partial charge >= 0.3 is 0 Å². The van der Waals surface area contributed by atoms with Crippen molar-refractivity contribution in [2.45, 2.75) is 6.10 Å². The Bertz CT molecular complexity index is 85.5. The summed E-state index contributed by atoms with van der Waals surface area (Å²) in [6.07, 6.45) is -0.210. The highest BCUT2D eigenvalue weighted by Gasteiger charge is 2.02. The van der Waals surface area contributed by atoms with Gasteiger partial charge in [-0.15, -0.1) is 0 Å². The summed E-state index contributed by atoms with van der Waals surface area (Å²) >= 11 is 3.40. The van der Waals surface area contributed by atoms with E-state index in [2.05, 4.69) is 0 Å². The second-order valence-electron chi connectivity index (χ2n) is 2.38. The Morgan fingerprint density at radius 3 is 1.75 bits per heavy atom. The molecule has 0 radical (unpaired) electrons. The summed E-state index contributed by atoms with van der Waals surface area (Å²) in [5.41, 5.74) is 10.6. The molecule has 0 heterocycles. The molecule has 12 heavy (non-hydrogen) atoms. The van der Waals surface area contributed by atoms with Crippen LogP contribution in [-0.4, -0.2) is 47.3 Å². The minimum absolute atomic E-state index is 0.210. The molecule has 0 unspecified atom stereocenters. The SMILES string of the molecule is NCCSCC(O)CSCCN. The Labute approximate surface area is 82.6 Å². The molecule has 0 fully saturated rings. The summed E-state index contributed by atoms with van der Waals surface area (Å²) < 4.78 is 0. The van der Waals surface area contributed by atoms with Crippen molar-refractivity contribution in [3.63, 3.8) is 0 Å². The van der Waals surface area contributed by atoms with E-state index in [1.54, 1.807) is 23.5 Å². The summed E-state index contributed by atoms with van der Waals surface area (Å²) in [4.78, 5) is 0. The number of hydrogen-bond acceptors (Lipinski definition) is 5. The van der Waals surface area contributed by atoms with Gasteiger partial charge in [-0.3, -0.25) is 0 Å². The van der Waals surface area contributed by atoms with E-state index in [0.717, 1.165) is 23.0 Å². The van der Waals surface area contributed by atoms with E-state index < -0.39 is 0 Å². The fourth-order valence-corrected chi connectivity index (χ4v) is 2.25. The van der Waals surface area contributed by atoms with Gasteiger partial charge in [0.1, 0.15) is 0 Å². The zero-order valence-corrected chi connectivity index (χ0v) is 8.87. The van der Waals surface area contributed by atoms with Crippen molar-refractivity contribution >= 4 is 23.5 Å². The lowest BCUT2D eigenvalue weighted by atomic mass is 10.5. The molecule has 0 spiro atoms. The predicted octanol–water partition coefficient (Wildman–Crippen LogP) is -0.269. The number of hydrogen-bond donors (Lipinski definition) is 3. The first kappa shape index (κ1) is 12.6. The molecule has 0 aromatic carbocycles. The number of nitrogens with two attached hydrogens (primary N) is 2. The van der Waals surface area contributed by atoms with Crippen LogP contribution in [0.4, 0.5) is 0 Å². The van der Waals surface area contributed by atoms with E-state index in [9.17, 15) is 5.11 Å². The van der Waals surface area contributed by atoms with Crippen LogP contribution in [0.3, 0.4) is 0 Å². The minimum atomic E-state index is -0.210. The summed E-state index contributed by atoms with van der Waals surface area (Å²) in [6.45, 7) is 1.38. The van der Waals surface area contributed by atoms with E-state index in [0.29, 0.717) is 13.1 Å². The second kappa shape index (κ2) is 9.67. The molecule has 0 bridgehead atoms. The number of aliphatic hydroxyl groups is 1. The maximum Gasteiger partial charge on any atom is 0.0720 e. The number of aliphatic hydroxyl groups excluding tert-OH is 1. The summed E-state index contributed by atoms with van der Waals surface area (Å²) in [5.74, 6) is 3.43. The third-order valence-electron chi connectivity index (χ3n) is 1.14. The van der Waals surface area contributed by atoms with Crippen molar-refractivity contribution in [1.82, 2.24) is 0 Å². The van der Waals surface area contributed by atoms with E-state index in [-0.39, 0.29) is 6.10 Å². The van der Waals surface area contributed by atoms with Gasteiger partial charge in [-0.1, -0.05) is 0 Å². The van der Waals surface area contributed by atoms with Crippen molar-refractivity contribution in [2.24, 2.45) is 11.5 Å². The Morgan fingerprint density at radius 1 is 1.00 bits per heavy atom. The molecule has 3 nitrogen and oxygen atoms in total. The van der Waals surface area contributed by atoms with Crippen LogP contribution in [0.2, 0.25) is 0 Å². The van der Waals surface area contributed by atoms with Gasteiger partial charge in [0, 0.05) is 36.1 Å². The monoisotopic (exact) mass is 210 g/mol. The van der Waals surface area contributed by atoms with Crippen LogP contribution >= 0.6 is 23.5 Å². The molecule has 0 rings (SSSR count). The molecule has 0 aromatic rings. The molecule has 0 aliphatic carbocycles. The zero-order chi connectivity index (χ0) is 9.23. The standard InChI is InChI=1S/C7H18N2OS2/c8-1-3-11-5-7(10)6-12-4-2-9/h7,10H,1-6,8-9H2. The van der Waals surface area contributed by atoms with Gasteiger partial charge in [0.2, 0.25) is 0 Å². The molecule has 0 saturated carbocycles. The Balaban J connectivity index is 3.04. The normalized spacial score (nSPS) is 11.0. The average molecular weight is 210 g/mol. The molecular weight excluding hydrogens is 192 g/mol. The van der Waals surface area contributed by atoms with E-state index in [4.69, 9.17) is 11.5 Å². The predicted molar refractivity (Wildman–Crippen MR) is 58.8 cm³/mol. The molecule has 0 atom stereocenters. The van der Waals surface area contributed by atoms with Gasteiger partial charge in [-0.25, -0.2) is 0 Å². The zero-order valence-electron chi connectivity index (χ0n) is 7.24. The highest BCUT2D eigenvalue weighted by atomic mass is 32.2. The van der Waals surface area contributed by atoms with Crippen LogP contribution < -0.4 is 11.5 Å². The van der Waals surface area contributed by atoms with Crippen LogP contribution in [0, 0.1) is 0 Å². The van der Waals surface area contributed by atoms with Crippen LogP contribution in [0.25, 0.3) is 0 Å². The van der Waals surface area contributed by atoms with E-state index >= 15 is 0 Å². The molecule has 5 heteroatoms. The first-order chi connectivity index (χ1) is 5.81. The third-order valence-corrected chi connectivity index (χ3v) is 3.43. The van der Waals surface area contributed by atoms with Crippen molar-refractivity contribution in [3.05, 3.63) is 0 Å². The lowest BCUT2D eigenvalue weighted by Gasteiger charge is -2.08. The third kappa shape index (κ3) is 8.67. The van der Waals surface area contributed by atoms with E-state index in [1.807, 2.05) is 0 Å². The van der Waals surface area contributed by atoms with Crippen LogP contribution in [-0.2, 0) is 0 Å². The van der Waals surface area contributed by atoms with Gasteiger partial charge in [-0.05, 0) is 0 Å². The molecule has 0 saturated heterocycles. The molecule has 5 N–H and O–H groups in total. The number of thioether (sulfide) groups is 2. The Kier molecular flexibility index (Phi) is 10.1. The maximum atomic E-state index is 9.38. The van der Waals surface area contributed by atoms with Crippen molar-refractivity contribution in [3.8, 4) is 0 Å². The van der Waals surface area contributed by atoms with Gasteiger partial charge in [0.15, 0.2) is 0 Å². The molecule has 0 amide bonds. The average Bonchev–Trinajstić information content (AvgIpc) is 2.06. The first-order valence-corrected chi connectivity index (χ1v) is 6.36. The Morgan fingerprint density at radius 2 is 1.42 bits per heavy atom. The van der Waals surface area contributed by atoms with Gasteiger partial charge in [0.05, 0.1) is 6.10 Å². The summed E-state index contributed by atoms with van der Waals surface area (Å²) in [7, 11) is 0. The molecule has 0 aromatic heterocycles. The quantitative estimate of drug-likeness (QED) is 0.481. The fourth-order valence-electron chi connectivity index (χ4n) is 0.654.